The first-order chi connectivity index (χ1) is 61.9. The Morgan fingerprint density at radius 2 is 0.821 bits per heavy atom. The van der Waals surface area contributed by atoms with Crippen LogP contribution < -0.4 is 31.9 Å². The number of carbonyl (C=O) groups excluding carboxylic acids is 14. The molecule has 1 aromatic heterocycles. The molecule has 0 aromatic carbocycles. The van der Waals surface area contributed by atoms with Gasteiger partial charge in [0.05, 0.1) is 37.9 Å². The van der Waals surface area contributed by atoms with E-state index in [0.717, 1.165) is 85.6 Å². The van der Waals surface area contributed by atoms with E-state index in [2.05, 4.69) is 62.1 Å². The third-order valence-electron chi connectivity index (χ3n) is 23.5. The number of nitrogens with zero attached hydrogens (tertiary/aromatic N) is 3. The van der Waals surface area contributed by atoms with Gasteiger partial charge in [-0.05, 0) is 205 Å². The second-order valence-electron chi connectivity index (χ2n) is 41.7. The second-order valence-corrected chi connectivity index (χ2v) is 41.7. The number of fused-ring (bicyclic) bond motifs is 5. The molecule has 9 rings (SSSR count). The summed E-state index contributed by atoms with van der Waals surface area (Å²) in [6.45, 7) is 37.7. The molecule has 4 heterocycles. The summed E-state index contributed by atoms with van der Waals surface area (Å²) < 4.78 is 126. The van der Waals surface area contributed by atoms with Gasteiger partial charge in [-0.1, -0.05) is 36.3 Å². The number of hydrogen-bond donors (Lipinski definition) is 6. The van der Waals surface area contributed by atoms with Crippen molar-refractivity contribution in [3.63, 3.8) is 0 Å². The topological polar surface area (TPSA) is 526 Å². The van der Waals surface area contributed by atoms with Crippen molar-refractivity contribution in [2.24, 2.45) is 28.6 Å². The van der Waals surface area contributed by atoms with E-state index in [9.17, 15) is 67.1 Å². The van der Waals surface area contributed by atoms with Gasteiger partial charge in [-0.25, -0.2) is 38.2 Å². The van der Waals surface area contributed by atoms with Crippen LogP contribution in [0.15, 0.2) is 29.5 Å². The van der Waals surface area contributed by atoms with Crippen LogP contribution >= 0.6 is 0 Å². The summed E-state index contributed by atoms with van der Waals surface area (Å²) in [5, 5.41) is 24.7. The van der Waals surface area contributed by atoms with E-state index in [1.165, 1.54) is 64.9 Å². The van der Waals surface area contributed by atoms with E-state index in [1.807, 2.05) is 0 Å². The quantitative estimate of drug-likeness (QED) is 0.0218. The highest BCUT2D eigenvalue weighted by molar-refractivity contribution is 5.83. The first-order valence-corrected chi connectivity index (χ1v) is 45.4. The van der Waals surface area contributed by atoms with Gasteiger partial charge in [0.2, 0.25) is 0 Å². The van der Waals surface area contributed by atoms with Crippen molar-refractivity contribution in [1.82, 2.24) is 46.9 Å². The van der Waals surface area contributed by atoms with E-state index in [4.69, 9.17) is 94.7 Å². The van der Waals surface area contributed by atoms with Gasteiger partial charge in [0.25, 0.3) is 0 Å². The molecule has 752 valence electrons. The number of ether oxygens (including phenoxy) is 20. The van der Waals surface area contributed by atoms with Crippen LogP contribution in [0.1, 0.15) is 250 Å². The van der Waals surface area contributed by atoms with E-state index in [0.29, 0.717) is 24.7 Å². The molecular weight excluding hydrogens is 1760 g/mol. The van der Waals surface area contributed by atoms with Gasteiger partial charge in [0, 0.05) is 61.0 Å². The molecule has 0 radical (unpaired) electrons. The molecule has 25 atom stereocenters. The van der Waals surface area contributed by atoms with Crippen molar-refractivity contribution >= 4 is 84.3 Å². The van der Waals surface area contributed by atoms with Crippen LogP contribution in [0.25, 0.3) is 0 Å². The van der Waals surface area contributed by atoms with Crippen molar-refractivity contribution in [2.75, 3.05) is 13.1 Å². The first kappa shape index (κ1) is 107. The zero-order valence-electron chi connectivity index (χ0n) is 81.9. The average molecular weight is 1900 g/mol. The van der Waals surface area contributed by atoms with Crippen LogP contribution in [0.4, 0.5) is 28.8 Å². The van der Waals surface area contributed by atoms with E-state index >= 15 is 0 Å². The fourth-order valence-electron chi connectivity index (χ4n) is 18.9. The first-order valence-electron chi connectivity index (χ1n) is 45.4. The number of carbonyl (C=O) groups is 14. The summed E-state index contributed by atoms with van der Waals surface area (Å²) in [5.74, 6) is -6.14. The molecule has 6 N–H and O–H groups in total. The maximum absolute atomic E-state index is 14.8. The van der Waals surface area contributed by atoms with Crippen molar-refractivity contribution in [1.29, 1.82) is 0 Å². The Morgan fingerprint density at radius 1 is 0.433 bits per heavy atom. The number of aromatic nitrogens is 3. The number of allylic oxidation sites excluding steroid dienone is 2. The molecule has 3 saturated heterocycles. The number of amides is 6. The summed E-state index contributed by atoms with van der Waals surface area (Å²) in [6.07, 6.45) is -24.7. The number of rotatable bonds is 26. The number of nitrogens with one attached hydrogen (secondary N) is 6. The van der Waals surface area contributed by atoms with E-state index in [-0.39, 0.29) is 34.5 Å². The van der Waals surface area contributed by atoms with Gasteiger partial charge in [0.1, 0.15) is 101 Å². The Hall–Kier alpha value is -10.2. The van der Waals surface area contributed by atoms with E-state index < -0.39 is 261 Å². The number of hydrogen-bond acceptors (Lipinski definition) is 36. The number of esters is 8. The van der Waals surface area contributed by atoms with Crippen LogP contribution in [-0.4, -0.2) is 268 Å². The van der Waals surface area contributed by atoms with Gasteiger partial charge >= 0.3 is 84.3 Å². The predicted molar refractivity (Wildman–Crippen MR) is 465 cm³/mol. The molecule has 43 nitrogen and oxygen atoms in total. The maximum Gasteiger partial charge on any atom is 0.408 e. The lowest BCUT2D eigenvalue weighted by atomic mass is 9.48. The number of alkyl carbamates (subject to hydrolysis) is 6. The second kappa shape index (κ2) is 43.4. The molecule has 7 fully saturated rings. The SMILES string of the molecule is CC(=O)O[C@H]1CC[C@@]2(C)C(=CC[C@@H]3[C@@H]2CC[C@]2(C)/C(=C/C(=O)OCc4cn(C[C@H]5O[C@@H](O[C@@H]6[C@@H](OC(C)=O)[C@H](NC(=O)OC(C)(C)C)C[C@H](NC(=O)OC(C)(C)C)[C@H]6O[C@H]6O[C@H](CNC(=O)OC(C)(C)C)[C@@H](OC(C)=O)[C@H](OC(C)=O)[C@H]6NC(=O)OC(C)(C)C)[C@H](OC(C)=O)[C@@H]5O[C@H]5O[C@@H](CNC(=O)OC(C)(C)C)[C@@H](OC(C)=O)[C@H](OC(C)=O)[C@H]5NC(=O)OC(C)(C)C)nn4)CC[C@@H]32)C1. The predicted octanol–water partition coefficient (Wildman–Crippen LogP) is 9.09. The molecule has 6 amide bonds. The smallest absolute Gasteiger partial charge is 0.408 e. The molecule has 0 spiro atoms. The van der Waals surface area contributed by atoms with Gasteiger partial charge < -0.3 is 127 Å². The molecule has 4 saturated carbocycles. The Bertz CT molecular complexity index is 4470. The average Bonchev–Trinajstić information content (AvgIpc) is 1.54. The summed E-state index contributed by atoms with van der Waals surface area (Å²) in [6, 6.07) is -7.12. The molecule has 0 unspecified atom stereocenters. The van der Waals surface area contributed by atoms with Gasteiger partial charge in [-0.2, -0.15) is 0 Å². The minimum Gasteiger partial charge on any atom is -0.462 e. The monoisotopic (exact) mass is 1900 g/mol. The normalized spacial score (nSPS) is 31.7. The lowest BCUT2D eigenvalue weighted by Gasteiger charge is -2.57. The van der Waals surface area contributed by atoms with Crippen LogP contribution in [-0.2, 0) is 146 Å². The van der Waals surface area contributed by atoms with Gasteiger partial charge in [0.15, 0.2) is 55.5 Å². The van der Waals surface area contributed by atoms with Gasteiger partial charge in [-0.15, -0.1) is 5.10 Å². The van der Waals surface area contributed by atoms with Gasteiger partial charge in [-0.3, -0.25) is 33.6 Å². The minimum atomic E-state index is -2.21. The third-order valence-corrected chi connectivity index (χ3v) is 23.5. The summed E-state index contributed by atoms with van der Waals surface area (Å²) in [5.41, 5.74) is -5.20. The van der Waals surface area contributed by atoms with E-state index in [1.54, 1.807) is 89.2 Å². The molecule has 1 aromatic rings. The zero-order chi connectivity index (χ0) is 99.8. The Balaban J connectivity index is 1.21. The lowest BCUT2D eigenvalue weighted by molar-refractivity contribution is -0.313. The summed E-state index contributed by atoms with van der Waals surface area (Å²) in [4.78, 5) is 195. The molecular formula is C91H139N9O34. The standard InChI is InChI=1S/C91H139N9O34/c1-44(101)116-54-32-34-90(26)51(36-54)28-30-55-56-31-29-52(91(56,27)35-33-57(55)90)37-63(108)115-43-53-41-100(99-98-53)42-62-70(127-76-65(97-83(114)134-89(23,24)25)72(121-49(6)106)69(119-47(4)104)61(124-76)40-93-79(110)130-85(11,12)13)74(122-50(7)107)77(125-62)128-73-66(117-45(2)102)58(94-80(111)131-86(14,15)16)38-59(95-81(112)132-87(17,18)19)67(73)126-75-64(96-82(113)133-88(20,21)22)71(120-48(5)105)68(118-46(3)103)60(123-75)39-92-78(109)129-84(8,9)10/h28,37,41,54-62,64-77H,29-36,38-40,42-43H2,1-27H3,(H,92,109)(H,93,110)(H,94,111)(H,95,112)(H,96,113)(H,97,114)/b52-37+/t54-,55-,56-,57-,58+,59-,60+,61-,62+,64+,65+,66-,67+,68+,69+,70+,71+,72+,73+,74+,75+,76+,77-,90-,91+/m0/s1. The van der Waals surface area contributed by atoms with Crippen molar-refractivity contribution in [2.45, 2.75) is 414 Å². The van der Waals surface area contributed by atoms with Crippen LogP contribution in [0.5, 0.6) is 0 Å². The lowest BCUT2D eigenvalue weighted by Crippen LogP contribution is -2.71. The third kappa shape index (κ3) is 30.4. The van der Waals surface area contributed by atoms with Crippen molar-refractivity contribution in [3.8, 4) is 0 Å². The van der Waals surface area contributed by atoms with Crippen molar-refractivity contribution in [3.05, 3.63) is 35.2 Å². The minimum absolute atomic E-state index is 0.0527. The molecule has 8 aliphatic rings. The fraction of sp³-hybridized carbons (Fsp3) is 0.780. The zero-order valence-corrected chi connectivity index (χ0v) is 81.9. The Morgan fingerprint density at radius 3 is 1.28 bits per heavy atom. The fourth-order valence-corrected chi connectivity index (χ4v) is 18.9. The Kier molecular flexibility index (Phi) is 34.8. The van der Waals surface area contributed by atoms with Crippen molar-refractivity contribution < 1.29 is 162 Å². The molecule has 134 heavy (non-hydrogen) atoms. The highest BCUT2D eigenvalue weighted by Crippen LogP contribution is 2.66. The molecule has 5 aliphatic carbocycles. The van der Waals surface area contributed by atoms with Crippen LogP contribution in [0, 0.1) is 28.6 Å². The molecule has 0 bridgehead atoms. The summed E-state index contributed by atoms with van der Waals surface area (Å²) >= 11 is 0. The maximum atomic E-state index is 14.8. The van der Waals surface area contributed by atoms with Crippen LogP contribution in [0.3, 0.4) is 0 Å². The Labute approximate surface area is 780 Å². The molecule has 43 heteroatoms. The molecule has 3 aliphatic heterocycles. The largest absolute Gasteiger partial charge is 0.462 e. The highest BCUT2D eigenvalue weighted by Gasteiger charge is 2.63. The summed E-state index contributed by atoms with van der Waals surface area (Å²) in [7, 11) is 0. The highest BCUT2D eigenvalue weighted by atomic mass is 16.8. The van der Waals surface area contributed by atoms with Crippen LogP contribution in [0.2, 0.25) is 0 Å².